The van der Waals surface area contributed by atoms with Crippen molar-refractivity contribution in [1.29, 1.82) is 0 Å². The van der Waals surface area contributed by atoms with Crippen molar-refractivity contribution in [3.05, 3.63) is 81.8 Å². The summed E-state index contributed by atoms with van der Waals surface area (Å²) in [5, 5.41) is 24.5. The number of hydrogen-bond acceptors (Lipinski definition) is 8. The number of phenolic OH excluding ortho intramolecular Hbond substituents is 1. The molecule has 4 N–H and O–H groups in total. The second-order valence-electron chi connectivity index (χ2n) is 8.60. The Hall–Kier alpha value is -3.86. The van der Waals surface area contributed by atoms with E-state index >= 15 is 0 Å². The molecule has 3 aromatic heterocycles. The second kappa shape index (κ2) is 11.0. The molecule has 37 heavy (non-hydrogen) atoms. The number of thiazole rings is 1. The number of aromatic amines is 1. The number of fused-ring (bicyclic) bond motifs is 2. The Kier molecular flexibility index (Phi) is 7.40. The van der Waals surface area contributed by atoms with E-state index in [1.54, 1.807) is 18.3 Å². The summed E-state index contributed by atoms with van der Waals surface area (Å²) in [6.45, 7) is 1.37. The van der Waals surface area contributed by atoms with Crippen LogP contribution < -0.4 is 14.9 Å². The third-order valence-electron chi connectivity index (χ3n) is 5.89. The van der Waals surface area contributed by atoms with Crippen molar-refractivity contribution >= 4 is 32.5 Å². The quantitative estimate of drug-likeness (QED) is 0.200. The minimum atomic E-state index is -0.867. The Balaban J connectivity index is 1.14. The number of benzene rings is 2. The fourth-order valence-electron chi connectivity index (χ4n) is 4.17. The monoisotopic (exact) mass is 520 g/mol. The van der Waals surface area contributed by atoms with E-state index in [9.17, 15) is 19.4 Å². The van der Waals surface area contributed by atoms with E-state index < -0.39 is 6.10 Å². The van der Waals surface area contributed by atoms with Gasteiger partial charge in [-0.05, 0) is 43.7 Å². The van der Waals surface area contributed by atoms with Crippen molar-refractivity contribution in [3.8, 4) is 22.9 Å². The maximum atomic E-state index is 13.8. The Bertz CT molecular complexity index is 1600. The van der Waals surface area contributed by atoms with Crippen LogP contribution in [0.5, 0.6) is 11.6 Å². The van der Waals surface area contributed by atoms with E-state index in [0.717, 1.165) is 29.6 Å². The number of pyridine rings is 2. The maximum absolute atomic E-state index is 13.8. The van der Waals surface area contributed by atoms with Crippen molar-refractivity contribution in [2.45, 2.75) is 18.9 Å². The number of phenols is 1. The molecule has 8 nitrogen and oxygen atoms in total. The highest BCUT2D eigenvalue weighted by Crippen LogP contribution is 2.30. The minimum absolute atomic E-state index is 0.00798. The number of aromatic nitrogens is 3. The molecule has 0 aliphatic heterocycles. The lowest BCUT2D eigenvalue weighted by atomic mass is 10.1. The molecule has 10 heteroatoms. The lowest BCUT2D eigenvalue weighted by molar-refractivity contribution is 0.175. The molecule has 0 radical (unpaired) electrons. The SMILES string of the molecule is O=c1[nH]c2cc(O)cc([C@@H](O)CNCCCCOc3cc4cccnc4c(-c4cccc(F)c4)n3)c2s1. The molecule has 0 unspecified atom stereocenters. The average molecular weight is 521 g/mol. The number of aromatic hydroxyl groups is 1. The zero-order chi connectivity index (χ0) is 25.8. The van der Waals surface area contributed by atoms with Gasteiger partial charge in [0.15, 0.2) is 0 Å². The molecule has 0 amide bonds. The first-order valence-corrected chi connectivity index (χ1v) is 12.7. The normalized spacial score (nSPS) is 12.3. The fourth-order valence-corrected chi connectivity index (χ4v) is 5.05. The molecule has 0 bridgehead atoms. The Morgan fingerprint density at radius 3 is 2.89 bits per heavy atom. The lowest BCUT2D eigenvalue weighted by Crippen LogP contribution is -2.23. The fraction of sp³-hybridized carbons (Fsp3) is 0.222. The predicted molar refractivity (Wildman–Crippen MR) is 142 cm³/mol. The Morgan fingerprint density at radius 1 is 1.14 bits per heavy atom. The third-order valence-corrected chi connectivity index (χ3v) is 6.84. The van der Waals surface area contributed by atoms with E-state index in [1.807, 2.05) is 18.2 Å². The van der Waals surface area contributed by atoms with Crippen LogP contribution in [0.3, 0.4) is 0 Å². The van der Waals surface area contributed by atoms with Gasteiger partial charge in [0, 0.05) is 41.4 Å². The first-order valence-electron chi connectivity index (χ1n) is 11.9. The van der Waals surface area contributed by atoms with Crippen LogP contribution >= 0.6 is 11.3 Å². The van der Waals surface area contributed by atoms with Crippen LogP contribution in [-0.4, -0.2) is 44.9 Å². The number of hydrogen-bond donors (Lipinski definition) is 4. The van der Waals surface area contributed by atoms with Gasteiger partial charge in [-0.25, -0.2) is 9.37 Å². The highest BCUT2D eigenvalue weighted by molar-refractivity contribution is 7.16. The van der Waals surface area contributed by atoms with Crippen molar-refractivity contribution in [2.24, 2.45) is 0 Å². The van der Waals surface area contributed by atoms with Gasteiger partial charge >= 0.3 is 4.87 Å². The molecule has 2 aromatic carbocycles. The van der Waals surface area contributed by atoms with Gasteiger partial charge in [0.25, 0.3) is 0 Å². The molecule has 0 spiro atoms. The van der Waals surface area contributed by atoms with Crippen LogP contribution in [0.2, 0.25) is 0 Å². The largest absolute Gasteiger partial charge is 0.508 e. The highest BCUT2D eigenvalue weighted by atomic mass is 32.1. The Labute approximate surface area is 215 Å². The molecule has 0 saturated carbocycles. The van der Waals surface area contributed by atoms with Gasteiger partial charge in [0.2, 0.25) is 5.88 Å². The average Bonchev–Trinajstić information content (AvgIpc) is 3.26. The van der Waals surface area contributed by atoms with Crippen LogP contribution in [0, 0.1) is 5.82 Å². The molecule has 190 valence electrons. The van der Waals surface area contributed by atoms with Gasteiger partial charge in [-0.2, -0.15) is 0 Å². The van der Waals surface area contributed by atoms with Gasteiger partial charge in [0.1, 0.15) is 17.3 Å². The smallest absolute Gasteiger partial charge is 0.305 e. The van der Waals surface area contributed by atoms with E-state index in [-0.39, 0.29) is 23.0 Å². The van der Waals surface area contributed by atoms with Crippen LogP contribution in [-0.2, 0) is 0 Å². The van der Waals surface area contributed by atoms with Gasteiger partial charge in [0.05, 0.1) is 28.4 Å². The van der Waals surface area contributed by atoms with Crippen molar-refractivity contribution in [2.75, 3.05) is 19.7 Å². The van der Waals surface area contributed by atoms with Crippen LogP contribution in [0.1, 0.15) is 24.5 Å². The molecule has 3 heterocycles. The molecule has 5 rings (SSSR count). The summed E-state index contributed by atoms with van der Waals surface area (Å²) in [4.78, 5) is 23.1. The number of ether oxygens (including phenoxy) is 1. The summed E-state index contributed by atoms with van der Waals surface area (Å²) >= 11 is 1.01. The number of nitrogens with one attached hydrogen (secondary N) is 2. The van der Waals surface area contributed by atoms with Crippen molar-refractivity contribution in [1.82, 2.24) is 20.3 Å². The predicted octanol–water partition coefficient (Wildman–Crippen LogP) is 4.53. The van der Waals surface area contributed by atoms with Crippen LogP contribution in [0.25, 0.3) is 32.4 Å². The van der Waals surface area contributed by atoms with Gasteiger partial charge in [-0.1, -0.05) is 29.5 Å². The second-order valence-corrected chi connectivity index (χ2v) is 9.58. The first-order chi connectivity index (χ1) is 18.0. The van der Waals surface area contributed by atoms with Crippen molar-refractivity contribution in [3.63, 3.8) is 0 Å². The zero-order valence-electron chi connectivity index (χ0n) is 19.8. The highest BCUT2D eigenvalue weighted by Gasteiger charge is 2.15. The summed E-state index contributed by atoms with van der Waals surface area (Å²) < 4.78 is 20.3. The molecule has 1 atom stereocenters. The minimum Gasteiger partial charge on any atom is -0.508 e. The molecule has 0 aliphatic rings. The zero-order valence-corrected chi connectivity index (χ0v) is 20.6. The molecule has 0 fully saturated rings. The Morgan fingerprint density at radius 2 is 2.03 bits per heavy atom. The van der Waals surface area contributed by atoms with Gasteiger partial charge in [-0.15, -0.1) is 0 Å². The van der Waals surface area contributed by atoms with Crippen LogP contribution in [0.4, 0.5) is 4.39 Å². The number of aliphatic hydroxyl groups is 1. The standard InChI is InChI=1S/C27H25FN4O4S/c28-18-7-3-5-16(11-18)25-24-17(6-4-9-30-24)12-23(32-25)36-10-2-1-8-29-15-22(34)20-13-19(33)14-21-26(20)37-27(35)31-21/h3-7,9,11-14,22,29,33-34H,1-2,8,10,15H2,(H,31,35)/t22-/m0/s1. The molecule has 5 aromatic rings. The summed E-state index contributed by atoms with van der Waals surface area (Å²) in [5.41, 5.74) is 2.91. The van der Waals surface area contributed by atoms with Gasteiger partial charge < -0.3 is 25.3 Å². The first kappa shape index (κ1) is 24.8. The van der Waals surface area contributed by atoms with E-state index in [1.165, 1.54) is 24.3 Å². The van der Waals surface area contributed by atoms with E-state index in [4.69, 9.17) is 4.74 Å². The summed E-state index contributed by atoms with van der Waals surface area (Å²) in [6, 6.07) is 14.8. The number of halogens is 1. The van der Waals surface area contributed by atoms with Crippen LogP contribution in [0.15, 0.2) is 65.6 Å². The summed E-state index contributed by atoms with van der Waals surface area (Å²) in [6.07, 6.45) is 2.36. The molecule has 0 saturated heterocycles. The topological polar surface area (TPSA) is 120 Å². The molecule has 0 aliphatic carbocycles. The maximum Gasteiger partial charge on any atom is 0.305 e. The van der Waals surface area contributed by atoms with E-state index in [2.05, 4.69) is 20.3 Å². The summed E-state index contributed by atoms with van der Waals surface area (Å²) in [7, 11) is 0. The number of H-pyrrole nitrogens is 1. The lowest BCUT2D eigenvalue weighted by Gasteiger charge is -2.14. The van der Waals surface area contributed by atoms with Crippen molar-refractivity contribution < 1.29 is 19.3 Å². The molecular formula is C27H25FN4O4S. The number of aliphatic hydroxyl groups excluding tert-OH is 1. The van der Waals surface area contributed by atoms with E-state index in [0.29, 0.717) is 51.6 Å². The third kappa shape index (κ3) is 5.77. The van der Waals surface area contributed by atoms with Gasteiger partial charge in [-0.3, -0.25) is 9.78 Å². The number of nitrogens with zero attached hydrogens (tertiary/aromatic N) is 2. The summed E-state index contributed by atoms with van der Waals surface area (Å²) in [5.74, 6) is 0.0950. The number of unbranched alkanes of at least 4 members (excludes halogenated alkanes) is 1. The molecular weight excluding hydrogens is 495 g/mol. The number of rotatable bonds is 10.